The highest BCUT2D eigenvalue weighted by molar-refractivity contribution is 5.96. The van der Waals surface area contributed by atoms with Gasteiger partial charge in [-0.3, -0.25) is 9.59 Å². The number of rotatable bonds is 5. The average Bonchev–Trinajstić information content (AvgIpc) is 3.13. The van der Waals surface area contributed by atoms with Crippen LogP contribution in [-0.4, -0.2) is 71.8 Å². The zero-order valence-electron chi connectivity index (χ0n) is 22.4. The Bertz CT molecular complexity index is 1410. The summed E-state index contributed by atoms with van der Waals surface area (Å²) >= 11 is 0. The molecule has 0 N–H and O–H groups in total. The number of carbonyl (C=O) groups excluding carboxylic acids is 2. The first kappa shape index (κ1) is 25.4. The van der Waals surface area contributed by atoms with Crippen molar-refractivity contribution in [1.29, 1.82) is 0 Å². The number of methoxy groups -OCH3 is 2. The molecule has 2 fully saturated rings. The van der Waals surface area contributed by atoms with Crippen LogP contribution in [0.5, 0.6) is 11.5 Å². The Hall–Kier alpha value is -3.88. The second-order valence-electron chi connectivity index (χ2n) is 10.5. The third-order valence-corrected chi connectivity index (χ3v) is 8.32. The van der Waals surface area contributed by atoms with Crippen molar-refractivity contribution in [2.75, 3.05) is 40.4 Å². The minimum Gasteiger partial charge on any atom is -0.493 e. The Kier molecular flexibility index (Phi) is 6.74. The molecule has 2 amide bonds. The number of hydrogen-bond donors (Lipinski definition) is 0. The number of ether oxygens (including phenoxy) is 2. The Labute approximate surface area is 227 Å². The summed E-state index contributed by atoms with van der Waals surface area (Å²) in [7, 11) is 3.21. The first-order valence-electron chi connectivity index (χ1n) is 13.7. The Morgan fingerprint density at radius 3 is 2.28 bits per heavy atom. The van der Waals surface area contributed by atoms with Crippen molar-refractivity contribution in [2.24, 2.45) is 5.92 Å². The maximum Gasteiger partial charge on any atom is 0.274 e. The zero-order valence-corrected chi connectivity index (χ0v) is 22.4. The van der Waals surface area contributed by atoms with Crippen LogP contribution >= 0.6 is 0 Å². The molecule has 204 valence electrons. The molecule has 2 heterocycles. The lowest BCUT2D eigenvalue weighted by Gasteiger charge is -2.31. The summed E-state index contributed by atoms with van der Waals surface area (Å²) in [4.78, 5) is 30.6. The summed E-state index contributed by atoms with van der Waals surface area (Å²) in [6, 6.07) is 10.0. The van der Waals surface area contributed by atoms with Crippen molar-refractivity contribution in [3.8, 4) is 28.4 Å². The van der Waals surface area contributed by atoms with Crippen LogP contribution in [0.2, 0.25) is 0 Å². The third kappa shape index (κ3) is 4.53. The average molecular weight is 533 g/mol. The van der Waals surface area contributed by atoms with E-state index < -0.39 is 0 Å². The normalized spacial score (nSPS) is 17.1. The van der Waals surface area contributed by atoms with Crippen molar-refractivity contribution in [3.05, 3.63) is 59.0 Å². The molecule has 8 nitrogen and oxygen atoms in total. The van der Waals surface area contributed by atoms with E-state index in [0.29, 0.717) is 55.5 Å². The smallest absolute Gasteiger partial charge is 0.274 e. The Morgan fingerprint density at radius 2 is 1.59 bits per heavy atom. The predicted octanol–water partition coefficient (Wildman–Crippen LogP) is 4.27. The highest BCUT2D eigenvalue weighted by Crippen LogP contribution is 2.42. The number of halogens is 1. The molecule has 3 aromatic rings. The molecular formula is C30H33FN4O4. The number of amides is 2. The number of carbonyl (C=O) groups is 2. The maximum absolute atomic E-state index is 14.0. The largest absolute Gasteiger partial charge is 0.493 e. The number of hydrogen-bond acceptors (Lipinski definition) is 5. The number of aromatic nitrogens is 2. The highest BCUT2D eigenvalue weighted by atomic mass is 19.1. The second-order valence-corrected chi connectivity index (χ2v) is 10.5. The molecule has 0 unspecified atom stereocenters. The monoisotopic (exact) mass is 532 g/mol. The van der Waals surface area contributed by atoms with Crippen LogP contribution in [0.15, 0.2) is 36.4 Å². The fraction of sp³-hybridized carbons (Fsp3) is 0.433. The molecule has 2 aromatic carbocycles. The van der Waals surface area contributed by atoms with Gasteiger partial charge in [-0.25, -0.2) is 9.07 Å². The molecule has 0 bridgehead atoms. The number of aryl methyl sites for hydroxylation is 1. The van der Waals surface area contributed by atoms with Crippen LogP contribution in [0.3, 0.4) is 0 Å². The number of benzene rings is 2. The minimum atomic E-state index is -0.339. The van der Waals surface area contributed by atoms with E-state index in [0.717, 1.165) is 54.5 Å². The summed E-state index contributed by atoms with van der Waals surface area (Å²) in [6.45, 7) is 2.28. The van der Waals surface area contributed by atoms with E-state index in [-0.39, 0.29) is 23.5 Å². The van der Waals surface area contributed by atoms with Gasteiger partial charge >= 0.3 is 0 Å². The van der Waals surface area contributed by atoms with Gasteiger partial charge in [0.2, 0.25) is 5.91 Å². The van der Waals surface area contributed by atoms with Gasteiger partial charge < -0.3 is 19.3 Å². The minimum absolute atomic E-state index is 0.131. The second kappa shape index (κ2) is 10.4. The molecule has 6 rings (SSSR count). The molecular weight excluding hydrogens is 499 g/mol. The Balaban J connectivity index is 1.38. The van der Waals surface area contributed by atoms with Gasteiger partial charge in [0.15, 0.2) is 17.2 Å². The van der Waals surface area contributed by atoms with Crippen LogP contribution in [0.25, 0.3) is 16.9 Å². The molecule has 0 atom stereocenters. The molecule has 39 heavy (non-hydrogen) atoms. The summed E-state index contributed by atoms with van der Waals surface area (Å²) in [5.41, 5.74) is 4.75. The van der Waals surface area contributed by atoms with Crippen molar-refractivity contribution in [2.45, 2.75) is 38.5 Å². The van der Waals surface area contributed by atoms with Crippen molar-refractivity contribution in [3.63, 3.8) is 0 Å². The van der Waals surface area contributed by atoms with E-state index in [1.165, 1.54) is 12.1 Å². The Morgan fingerprint density at radius 1 is 0.897 bits per heavy atom. The van der Waals surface area contributed by atoms with E-state index >= 15 is 0 Å². The van der Waals surface area contributed by atoms with Crippen LogP contribution in [0.4, 0.5) is 4.39 Å². The predicted molar refractivity (Wildman–Crippen MR) is 144 cm³/mol. The van der Waals surface area contributed by atoms with Gasteiger partial charge in [0.1, 0.15) is 5.82 Å². The quantitative estimate of drug-likeness (QED) is 0.491. The van der Waals surface area contributed by atoms with Crippen molar-refractivity contribution < 1.29 is 23.5 Å². The van der Waals surface area contributed by atoms with Gasteiger partial charge in [-0.2, -0.15) is 5.10 Å². The molecule has 3 aliphatic rings. The van der Waals surface area contributed by atoms with E-state index in [1.807, 2.05) is 21.9 Å². The maximum atomic E-state index is 14.0. The lowest BCUT2D eigenvalue weighted by molar-refractivity contribution is -0.138. The van der Waals surface area contributed by atoms with Gasteiger partial charge in [-0.1, -0.05) is 6.42 Å². The van der Waals surface area contributed by atoms with Crippen LogP contribution < -0.4 is 9.47 Å². The molecule has 0 radical (unpaired) electrons. The summed E-state index contributed by atoms with van der Waals surface area (Å²) in [6.07, 6.45) is 5.18. The van der Waals surface area contributed by atoms with E-state index in [1.54, 1.807) is 31.0 Å². The van der Waals surface area contributed by atoms with Gasteiger partial charge in [-0.05, 0) is 74.1 Å². The summed E-state index contributed by atoms with van der Waals surface area (Å²) < 4.78 is 26.7. The molecule has 1 saturated carbocycles. The third-order valence-electron chi connectivity index (χ3n) is 8.32. The van der Waals surface area contributed by atoms with Crippen molar-refractivity contribution in [1.82, 2.24) is 19.6 Å². The van der Waals surface area contributed by atoms with Gasteiger partial charge in [0, 0.05) is 43.2 Å². The van der Waals surface area contributed by atoms with E-state index in [2.05, 4.69) is 0 Å². The van der Waals surface area contributed by atoms with Gasteiger partial charge in [0.05, 0.1) is 25.6 Å². The van der Waals surface area contributed by atoms with Gasteiger partial charge in [-0.15, -0.1) is 0 Å². The van der Waals surface area contributed by atoms with Crippen LogP contribution in [-0.2, 0) is 17.6 Å². The molecule has 1 aromatic heterocycles. The van der Waals surface area contributed by atoms with E-state index in [9.17, 15) is 14.0 Å². The number of fused-ring (bicyclic) bond motifs is 3. The first-order valence-corrected chi connectivity index (χ1v) is 13.7. The fourth-order valence-corrected chi connectivity index (χ4v) is 5.92. The highest BCUT2D eigenvalue weighted by Gasteiger charge is 2.34. The lowest BCUT2D eigenvalue weighted by atomic mass is 9.84. The van der Waals surface area contributed by atoms with Crippen molar-refractivity contribution >= 4 is 11.8 Å². The van der Waals surface area contributed by atoms with Crippen LogP contribution in [0.1, 0.15) is 47.3 Å². The molecule has 0 spiro atoms. The zero-order chi connectivity index (χ0) is 27.1. The molecule has 1 aliphatic heterocycles. The SMILES string of the molecule is COc1cc2c(cc1OC)-c1c(c(C(=O)N3CCCN(C(=O)C4CCC4)CC3)nn1-c1ccc(F)cc1)CC2. The standard InChI is InChI=1S/C30H33FN4O4/c1-38-25-17-20-7-12-23-27(30(37)34-14-4-13-33(15-16-34)29(36)19-5-3-6-19)32-35(22-10-8-21(31)9-11-22)28(23)24(20)18-26(25)39-2/h8-11,17-19H,3-7,12-16H2,1-2H3. The van der Waals surface area contributed by atoms with E-state index in [4.69, 9.17) is 14.6 Å². The molecule has 1 saturated heterocycles. The van der Waals surface area contributed by atoms with Gasteiger partial charge in [0.25, 0.3) is 5.91 Å². The summed E-state index contributed by atoms with van der Waals surface area (Å²) in [5, 5.41) is 4.85. The molecule has 9 heteroatoms. The molecule has 2 aliphatic carbocycles. The number of nitrogens with zero attached hydrogens (tertiary/aromatic N) is 4. The topological polar surface area (TPSA) is 76.9 Å². The summed E-state index contributed by atoms with van der Waals surface area (Å²) in [5.74, 6) is 1.15. The first-order chi connectivity index (χ1) is 19.0. The van der Waals surface area contributed by atoms with Crippen LogP contribution in [0, 0.1) is 11.7 Å². The fourth-order valence-electron chi connectivity index (χ4n) is 5.92. The lowest BCUT2D eigenvalue weighted by Crippen LogP contribution is -2.41.